The van der Waals surface area contributed by atoms with E-state index in [1.807, 2.05) is 18.2 Å². The van der Waals surface area contributed by atoms with Crippen molar-refractivity contribution in [3.63, 3.8) is 0 Å². The maximum Gasteiger partial charge on any atom is 0.146 e. The molecule has 4 heteroatoms. The van der Waals surface area contributed by atoms with Gasteiger partial charge in [0.15, 0.2) is 0 Å². The van der Waals surface area contributed by atoms with Crippen LogP contribution in [0.25, 0.3) is 11.3 Å². The molecular formula is C12H11N3O. The van der Waals surface area contributed by atoms with Crippen LogP contribution < -0.4 is 10.5 Å². The molecule has 0 spiro atoms. The van der Waals surface area contributed by atoms with E-state index < -0.39 is 0 Å². The maximum atomic E-state index is 5.62. The minimum absolute atomic E-state index is 0.428. The van der Waals surface area contributed by atoms with Crippen LogP contribution in [0.1, 0.15) is 5.56 Å². The van der Waals surface area contributed by atoms with Crippen LogP contribution in [-0.4, -0.2) is 16.8 Å². The average molecular weight is 213 g/mol. The predicted octanol–water partition coefficient (Wildman–Crippen LogP) is 1.66. The number of nitrogens with two attached hydrogens (primary N) is 1. The molecule has 0 fully saturated rings. The van der Waals surface area contributed by atoms with Gasteiger partial charge in [-0.2, -0.15) is 0 Å². The third kappa shape index (κ3) is 1.39. The van der Waals surface area contributed by atoms with Crippen molar-refractivity contribution in [1.29, 1.82) is 0 Å². The second-order valence-corrected chi connectivity index (χ2v) is 3.74. The molecule has 0 unspecified atom stereocenters. The van der Waals surface area contributed by atoms with Crippen LogP contribution in [0.15, 0.2) is 30.3 Å². The van der Waals surface area contributed by atoms with Crippen LogP contribution in [0.5, 0.6) is 5.75 Å². The van der Waals surface area contributed by atoms with E-state index in [9.17, 15) is 0 Å². The number of aromatic nitrogens is 2. The molecule has 0 atom stereocenters. The minimum atomic E-state index is 0.428. The number of anilines is 1. The molecule has 2 N–H and O–H groups in total. The summed E-state index contributed by atoms with van der Waals surface area (Å²) in [6, 6.07) is 9.69. The van der Waals surface area contributed by atoms with Gasteiger partial charge in [0.25, 0.3) is 0 Å². The SMILES string of the molecule is Nc1ccc(-c2cccc3c2OCC3)nn1. The van der Waals surface area contributed by atoms with Crippen molar-refractivity contribution in [3.05, 3.63) is 35.9 Å². The van der Waals surface area contributed by atoms with Crippen molar-refractivity contribution < 1.29 is 4.74 Å². The zero-order chi connectivity index (χ0) is 11.0. The van der Waals surface area contributed by atoms with Crippen LogP contribution >= 0.6 is 0 Å². The molecule has 16 heavy (non-hydrogen) atoms. The second kappa shape index (κ2) is 3.48. The largest absolute Gasteiger partial charge is 0.492 e. The smallest absolute Gasteiger partial charge is 0.146 e. The zero-order valence-electron chi connectivity index (χ0n) is 8.68. The van der Waals surface area contributed by atoms with Gasteiger partial charge in [-0.1, -0.05) is 12.1 Å². The molecule has 1 aromatic heterocycles. The highest BCUT2D eigenvalue weighted by Gasteiger charge is 2.17. The number of ether oxygens (including phenoxy) is 1. The quantitative estimate of drug-likeness (QED) is 0.782. The number of fused-ring (bicyclic) bond motifs is 1. The summed E-state index contributed by atoms with van der Waals surface area (Å²) in [6.45, 7) is 0.745. The molecule has 0 bridgehead atoms. The first-order valence-corrected chi connectivity index (χ1v) is 5.19. The van der Waals surface area contributed by atoms with Crippen molar-refractivity contribution in [2.75, 3.05) is 12.3 Å². The Morgan fingerprint density at radius 2 is 2.06 bits per heavy atom. The first-order chi connectivity index (χ1) is 7.84. The fraction of sp³-hybridized carbons (Fsp3) is 0.167. The highest BCUT2D eigenvalue weighted by Crippen LogP contribution is 2.35. The summed E-state index contributed by atoms with van der Waals surface area (Å²) in [5, 5.41) is 7.92. The van der Waals surface area contributed by atoms with Crippen molar-refractivity contribution in [1.82, 2.24) is 10.2 Å². The van der Waals surface area contributed by atoms with Gasteiger partial charge >= 0.3 is 0 Å². The number of para-hydroxylation sites is 1. The van der Waals surface area contributed by atoms with Gasteiger partial charge in [0, 0.05) is 12.0 Å². The molecule has 3 rings (SSSR count). The Bertz CT molecular complexity index is 522. The van der Waals surface area contributed by atoms with Crippen molar-refractivity contribution in [2.45, 2.75) is 6.42 Å². The summed E-state index contributed by atoms with van der Waals surface area (Å²) in [6.07, 6.45) is 0.964. The summed E-state index contributed by atoms with van der Waals surface area (Å²) in [5.74, 6) is 1.36. The topological polar surface area (TPSA) is 61.0 Å². The van der Waals surface area contributed by atoms with Crippen LogP contribution in [0.3, 0.4) is 0 Å². The molecule has 4 nitrogen and oxygen atoms in total. The number of nitrogen functional groups attached to an aromatic ring is 1. The standard InChI is InChI=1S/C12H11N3O/c13-11-5-4-10(14-15-11)9-3-1-2-8-6-7-16-12(8)9/h1-5H,6-7H2,(H2,13,15). The van der Waals surface area contributed by atoms with E-state index in [0.717, 1.165) is 30.0 Å². The van der Waals surface area contributed by atoms with E-state index in [-0.39, 0.29) is 0 Å². The van der Waals surface area contributed by atoms with Gasteiger partial charge in [-0.15, -0.1) is 10.2 Å². The predicted molar refractivity (Wildman–Crippen MR) is 61.1 cm³/mol. The third-order valence-corrected chi connectivity index (χ3v) is 2.68. The highest BCUT2D eigenvalue weighted by molar-refractivity contribution is 5.70. The average Bonchev–Trinajstić information content (AvgIpc) is 2.78. The number of rotatable bonds is 1. The lowest BCUT2D eigenvalue weighted by Gasteiger charge is -2.06. The fourth-order valence-corrected chi connectivity index (χ4v) is 1.90. The summed E-state index contributed by atoms with van der Waals surface area (Å²) in [5.41, 5.74) is 8.53. The van der Waals surface area contributed by atoms with Crippen LogP contribution in [0, 0.1) is 0 Å². The maximum absolute atomic E-state index is 5.62. The summed E-state index contributed by atoms with van der Waals surface area (Å²) < 4.78 is 5.62. The fourth-order valence-electron chi connectivity index (χ4n) is 1.90. The molecule has 1 aliphatic rings. The molecule has 1 aliphatic heterocycles. The highest BCUT2D eigenvalue weighted by atomic mass is 16.5. The van der Waals surface area contributed by atoms with Gasteiger partial charge in [0.2, 0.25) is 0 Å². The molecule has 2 aromatic rings. The molecule has 0 aliphatic carbocycles. The Morgan fingerprint density at radius 3 is 2.88 bits per heavy atom. The summed E-state index contributed by atoms with van der Waals surface area (Å²) >= 11 is 0. The van der Waals surface area contributed by atoms with Gasteiger partial charge in [0.05, 0.1) is 12.3 Å². The number of hydrogen-bond acceptors (Lipinski definition) is 4. The van der Waals surface area contributed by atoms with Crippen LogP contribution in [0.4, 0.5) is 5.82 Å². The molecular weight excluding hydrogens is 202 g/mol. The van der Waals surface area contributed by atoms with E-state index in [0.29, 0.717) is 5.82 Å². The first-order valence-electron chi connectivity index (χ1n) is 5.19. The molecule has 0 saturated carbocycles. The van der Waals surface area contributed by atoms with Crippen molar-refractivity contribution in [2.24, 2.45) is 0 Å². The lowest BCUT2D eigenvalue weighted by molar-refractivity contribution is 0.358. The molecule has 1 aromatic carbocycles. The van der Waals surface area contributed by atoms with E-state index >= 15 is 0 Å². The monoisotopic (exact) mass is 213 g/mol. The van der Waals surface area contributed by atoms with Gasteiger partial charge < -0.3 is 10.5 Å². The third-order valence-electron chi connectivity index (χ3n) is 2.68. The molecule has 80 valence electrons. The summed E-state index contributed by atoms with van der Waals surface area (Å²) in [4.78, 5) is 0. The lowest BCUT2D eigenvalue weighted by atomic mass is 10.1. The molecule has 0 amide bonds. The Morgan fingerprint density at radius 1 is 1.12 bits per heavy atom. The lowest BCUT2D eigenvalue weighted by Crippen LogP contribution is -1.95. The molecule has 0 saturated heterocycles. The normalized spacial score (nSPS) is 13.2. The van der Waals surface area contributed by atoms with E-state index in [2.05, 4.69) is 16.3 Å². The Kier molecular flexibility index (Phi) is 1.99. The number of nitrogens with zero attached hydrogens (tertiary/aromatic N) is 2. The Hall–Kier alpha value is -2.10. The molecule has 0 radical (unpaired) electrons. The number of benzene rings is 1. The summed E-state index contributed by atoms with van der Waals surface area (Å²) in [7, 11) is 0. The number of hydrogen-bond donors (Lipinski definition) is 1. The van der Waals surface area contributed by atoms with Gasteiger partial charge in [-0.25, -0.2) is 0 Å². The first kappa shape index (κ1) is 9.15. The van der Waals surface area contributed by atoms with E-state index in [1.54, 1.807) is 6.07 Å². The minimum Gasteiger partial charge on any atom is -0.492 e. The Labute approximate surface area is 93.1 Å². The zero-order valence-corrected chi connectivity index (χ0v) is 8.68. The van der Waals surface area contributed by atoms with Crippen molar-refractivity contribution in [3.8, 4) is 17.0 Å². The molecule has 2 heterocycles. The Balaban J connectivity index is 2.13. The van der Waals surface area contributed by atoms with Crippen LogP contribution in [0.2, 0.25) is 0 Å². The van der Waals surface area contributed by atoms with Gasteiger partial charge in [-0.3, -0.25) is 0 Å². The van der Waals surface area contributed by atoms with Crippen molar-refractivity contribution >= 4 is 5.82 Å². The van der Waals surface area contributed by atoms with Gasteiger partial charge in [-0.05, 0) is 23.8 Å². The van der Waals surface area contributed by atoms with E-state index in [4.69, 9.17) is 10.5 Å². The van der Waals surface area contributed by atoms with E-state index in [1.165, 1.54) is 5.56 Å². The second-order valence-electron chi connectivity index (χ2n) is 3.74. The van der Waals surface area contributed by atoms with Gasteiger partial charge in [0.1, 0.15) is 11.6 Å². The van der Waals surface area contributed by atoms with Crippen LogP contribution in [-0.2, 0) is 6.42 Å².